The van der Waals surface area contributed by atoms with Crippen molar-refractivity contribution in [2.75, 3.05) is 13.7 Å². The molecule has 1 aromatic rings. The smallest absolute Gasteiger partial charge is 0.334 e. The summed E-state index contributed by atoms with van der Waals surface area (Å²) in [5.41, 5.74) is 0.606. The molecule has 8 heteroatoms. The Hall–Kier alpha value is -2.22. The lowest BCUT2D eigenvalue weighted by atomic mass is 10.3. The van der Waals surface area contributed by atoms with E-state index in [0.717, 1.165) is 0 Å². The molecule has 8 nitrogen and oxygen atoms in total. The monoisotopic (exact) mass is 254 g/mol. The number of amides is 2. The lowest BCUT2D eigenvalue weighted by Crippen LogP contribution is -2.42. The van der Waals surface area contributed by atoms with Gasteiger partial charge in [0.25, 0.3) is 0 Å². The highest BCUT2D eigenvalue weighted by Gasteiger charge is 2.16. The molecule has 2 amide bonds. The first kappa shape index (κ1) is 13.8. The van der Waals surface area contributed by atoms with E-state index in [1.807, 2.05) is 0 Å². The Kier molecular flexibility index (Phi) is 5.52. The van der Waals surface area contributed by atoms with Crippen molar-refractivity contribution in [1.29, 1.82) is 0 Å². The van der Waals surface area contributed by atoms with Crippen molar-refractivity contribution >= 4 is 12.0 Å². The molecule has 1 heterocycles. The number of urea groups is 1. The number of nitrogens with zero attached hydrogens (tertiary/aromatic N) is 2. The zero-order chi connectivity index (χ0) is 13.4. The summed E-state index contributed by atoms with van der Waals surface area (Å²) in [5, 5.41) is 21.0. The molecule has 0 aromatic carbocycles. The Bertz CT molecular complexity index is 398. The van der Waals surface area contributed by atoms with E-state index in [2.05, 4.69) is 25.6 Å². The topological polar surface area (TPSA) is 113 Å². The zero-order valence-electron chi connectivity index (χ0n) is 9.79. The number of hydrogen-bond donors (Lipinski definition) is 3. The number of carboxylic acid groups (broad SMARTS) is 1. The van der Waals surface area contributed by atoms with Gasteiger partial charge in [-0.15, -0.1) is 0 Å². The third-order valence-electron chi connectivity index (χ3n) is 2.07. The highest BCUT2D eigenvalue weighted by Crippen LogP contribution is 1.90. The lowest BCUT2D eigenvalue weighted by molar-refractivity contribution is -0.147. The van der Waals surface area contributed by atoms with Gasteiger partial charge in [0.2, 0.25) is 0 Å². The maximum Gasteiger partial charge on any atom is 0.334 e. The average Bonchev–Trinajstić information content (AvgIpc) is 2.38. The molecule has 0 fully saturated rings. The van der Waals surface area contributed by atoms with Crippen LogP contribution in [0.5, 0.6) is 0 Å². The first-order valence-corrected chi connectivity index (χ1v) is 5.17. The highest BCUT2D eigenvalue weighted by atomic mass is 16.5. The van der Waals surface area contributed by atoms with E-state index in [9.17, 15) is 9.59 Å². The Morgan fingerprint density at radius 1 is 1.50 bits per heavy atom. The lowest BCUT2D eigenvalue weighted by Gasteiger charge is -2.11. The van der Waals surface area contributed by atoms with Crippen LogP contribution in [-0.2, 0) is 16.1 Å². The Morgan fingerprint density at radius 2 is 2.28 bits per heavy atom. The summed E-state index contributed by atoms with van der Waals surface area (Å²) < 4.78 is 4.66. The van der Waals surface area contributed by atoms with Crippen LogP contribution >= 0.6 is 0 Å². The molecule has 98 valence electrons. The first-order valence-electron chi connectivity index (χ1n) is 5.17. The normalized spacial score (nSPS) is 11.6. The standard InChI is InChI=1S/C10H14N4O4/c1-18-8(9(15)16)6-12-10(17)11-5-7-3-2-4-13-14-7/h2-4,8H,5-6H2,1H3,(H,15,16)(H2,11,12,17). The molecular weight excluding hydrogens is 240 g/mol. The molecule has 0 spiro atoms. The summed E-state index contributed by atoms with van der Waals surface area (Å²) in [6.07, 6.45) is 0.465. The van der Waals surface area contributed by atoms with Crippen LogP contribution in [0.15, 0.2) is 18.3 Å². The largest absolute Gasteiger partial charge is 0.479 e. The van der Waals surface area contributed by atoms with Crippen molar-refractivity contribution in [3.63, 3.8) is 0 Å². The van der Waals surface area contributed by atoms with Crippen molar-refractivity contribution in [2.45, 2.75) is 12.6 Å². The van der Waals surface area contributed by atoms with Gasteiger partial charge >= 0.3 is 12.0 Å². The maximum atomic E-state index is 11.3. The predicted octanol–water partition coefficient (Wildman–Crippen LogP) is -0.625. The summed E-state index contributed by atoms with van der Waals surface area (Å²) >= 11 is 0. The van der Waals surface area contributed by atoms with E-state index in [-0.39, 0.29) is 13.1 Å². The minimum absolute atomic E-state index is 0.113. The molecule has 1 rings (SSSR count). The number of carbonyl (C=O) groups excluding carboxylic acids is 1. The number of methoxy groups -OCH3 is 1. The number of rotatable bonds is 6. The second-order valence-electron chi connectivity index (χ2n) is 3.34. The molecule has 1 aromatic heterocycles. The quantitative estimate of drug-likeness (QED) is 0.623. The predicted molar refractivity (Wildman–Crippen MR) is 60.7 cm³/mol. The van der Waals surface area contributed by atoms with Crippen LogP contribution in [0, 0.1) is 0 Å². The van der Waals surface area contributed by atoms with Crippen LogP contribution in [0.1, 0.15) is 5.69 Å². The third kappa shape index (κ3) is 4.74. The second-order valence-corrected chi connectivity index (χ2v) is 3.34. The van der Waals surface area contributed by atoms with Crippen molar-refractivity contribution in [2.24, 2.45) is 0 Å². The number of carboxylic acids is 1. The van der Waals surface area contributed by atoms with Gasteiger partial charge in [-0.25, -0.2) is 9.59 Å². The first-order chi connectivity index (χ1) is 8.63. The van der Waals surface area contributed by atoms with E-state index in [4.69, 9.17) is 5.11 Å². The SMILES string of the molecule is COC(CNC(=O)NCc1cccnn1)C(=O)O. The fourth-order valence-electron chi connectivity index (χ4n) is 1.12. The zero-order valence-corrected chi connectivity index (χ0v) is 9.79. The summed E-state index contributed by atoms with van der Waals surface area (Å²) in [4.78, 5) is 21.9. The molecule has 1 atom stereocenters. The molecule has 0 bridgehead atoms. The number of carbonyl (C=O) groups is 2. The minimum Gasteiger partial charge on any atom is -0.479 e. The molecular formula is C10H14N4O4. The fourth-order valence-corrected chi connectivity index (χ4v) is 1.12. The van der Waals surface area contributed by atoms with Gasteiger partial charge in [-0.2, -0.15) is 10.2 Å². The van der Waals surface area contributed by atoms with Crippen molar-refractivity contribution < 1.29 is 19.4 Å². The van der Waals surface area contributed by atoms with Crippen LogP contribution in [0.4, 0.5) is 4.79 Å². The molecule has 0 radical (unpaired) electrons. The maximum absolute atomic E-state index is 11.3. The number of hydrogen-bond acceptors (Lipinski definition) is 5. The van der Waals surface area contributed by atoms with Gasteiger partial charge in [0.05, 0.1) is 18.8 Å². The minimum atomic E-state index is -1.13. The number of aliphatic carboxylic acids is 1. The fraction of sp³-hybridized carbons (Fsp3) is 0.400. The van der Waals surface area contributed by atoms with E-state index in [0.29, 0.717) is 5.69 Å². The van der Waals surface area contributed by atoms with Crippen LogP contribution in [-0.4, -0.2) is 47.1 Å². The third-order valence-corrected chi connectivity index (χ3v) is 2.07. The van der Waals surface area contributed by atoms with Crippen molar-refractivity contribution in [3.8, 4) is 0 Å². The van der Waals surface area contributed by atoms with E-state index < -0.39 is 18.1 Å². The molecule has 0 aliphatic rings. The van der Waals surface area contributed by atoms with E-state index in [1.165, 1.54) is 13.3 Å². The van der Waals surface area contributed by atoms with Gasteiger partial charge in [0.1, 0.15) is 0 Å². The average molecular weight is 254 g/mol. The molecule has 0 aliphatic heterocycles. The summed E-state index contributed by atoms with van der Waals surface area (Å²) in [7, 11) is 1.26. The molecule has 18 heavy (non-hydrogen) atoms. The van der Waals surface area contributed by atoms with Crippen LogP contribution in [0.25, 0.3) is 0 Å². The Labute approximate surface area is 103 Å². The molecule has 0 saturated carbocycles. The Morgan fingerprint density at radius 3 is 2.83 bits per heavy atom. The summed E-state index contributed by atoms with van der Waals surface area (Å²) in [5.74, 6) is -1.13. The van der Waals surface area contributed by atoms with Gasteiger partial charge in [0.15, 0.2) is 6.10 Å². The molecule has 3 N–H and O–H groups in total. The van der Waals surface area contributed by atoms with Gasteiger partial charge in [-0.05, 0) is 12.1 Å². The van der Waals surface area contributed by atoms with Gasteiger partial charge in [-0.3, -0.25) is 0 Å². The van der Waals surface area contributed by atoms with Gasteiger partial charge in [0, 0.05) is 13.3 Å². The van der Waals surface area contributed by atoms with Gasteiger partial charge in [-0.1, -0.05) is 0 Å². The van der Waals surface area contributed by atoms with Crippen molar-refractivity contribution in [3.05, 3.63) is 24.0 Å². The second kappa shape index (κ2) is 7.17. The number of nitrogens with one attached hydrogen (secondary N) is 2. The van der Waals surface area contributed by atoms with Gasteiger partial charge < -0.3 is 20.5 Å². The number of aromatic nitrogens is 2. The number of ether oxygens (including phenoxy) is 1. The van der Waals surface area contributed by atoms with Crippen molar-refractivity contribution in [1.82, 2.24) is 20.8 Å². The van der Waals surface area contributed by atoms with Crippen LogP contribution < -0.4 is 10.6 Å². The van der Waals surface area contributed by atoms with Crippen LogP contribution in [0.3, 0.4) is 0 Å². The van der Waals surface area contributed by atoms with E-state index >= 15 is 0 Å². The molecule has 0 saturated heterocycles. The summed E-state index contributed by atoms with van der Waals surface area (Å²) in [6, 6.07) is 2.92. The highest BCUT2D eigenvalue weighted by molar-refractivity contribution is 5.76. The summed E-state index contributed by atoms with van der Waals surface area (Å²) in [6.45, 7) is 0.0997. The van der Waals surface area contributed by atoms with E-state index in [1.54, 1.807) is 12.1 Å². The Balaban J connectivity index is 2.28. The van der Waals surface area contributed by atoms with Crippen LogP contribution in [0.2, 0.25) is 0 Å². The molecule has 1 unspecified atom stereocenters. The molecule has 0 aliphatic carbocycles.